The molecule has 5 heteroatoms. The lowest BCUT2D eigenvalue weighted by Crippen LogP contribution is -2.15. The quantitative estimate of drug-likeness (QED) is 0.778. The number of carbonyl (C=O) groups excluding carboxylic acids is 1. The van der Waals surface area contributed by atoms with Crippen LogP contribution in [0.1, 0.15) is 21.6 Å². The van der Waals surface area contributed by atoms with E-state index in [0.717, 1.165) is 22.6 Å². The predicted octanol–water partition coefficient (Wildman–Crippen LogP) is 3.79. The second kappa shape index (κ2) is 7.00. The number of nitrogens with one attached hydrogen (secondary N) is 1. The van der Waals surface area contributed by atoms with Crippen molar-refractivity contribution in [2.45, 2.75) is 20.6 Å². The van der Waals surface area contributed by atoms with Gasteiger partial charge in [-0.2, -0.15) is 5.10 Å². The van der Waals surface area contributed by atoms with Gasteiger partial charge in [-0.25, -0.2) is 4.68 Å². The first-order chi connectivity index (χ1) is 11.6. The van der Waals surface area contributed by atoms with Gasteiger partial charge in [0.15, 0.2) is 12.4 Å². The van der Waals surface area contributed by atoms with E-state index in [9.17, 15) is 4.79 Å². The molecule has 2 aromatic carbocycles. The van der Waals surface area contributed by atoms with E-state index in [1.807, 2.05) is 62.4 Å². The summed E-state index contributed by atoms with van der Waals surface area (Å²) in [7, 11) is 0. The van der Waals surface area contributed by atoms with Gasteiger partial charge in [0, 0.05) is 11.9 Å². The SMILES string of the molecule is Cc1ccc(C)c(NC(=O)c2ccn(COc3ccccc3)n2)c1. The molecule has 0 saturated heterocycles. The molecule has 1 heterocycles. The Morgan fingerprint density at radius 2 is 1.92 bits per heavy atom. The number of aromatic nitrogens is 2. The summed E-state index contributed by atoms with van der Waals surface area (Å²) in [5.74, 6) is 0.525. The van der Waals surface area contributed by atoms with Gasteiger partial charge in [0.1, 0.15) is 5.75 Å². The van der Waals surface area contributed by atoms with E-state index in [1.54, 1.807) is 16.9 Å². The minimum absolute atomic E-state index is 0.234. The summed E-state index contributed by atoms with van der Waals surface area (Å²) < 4.78 is 7.20. The second-order valence-electron chi connectivity index (χ2n) is 5.60. The third-order valence-corrected chi connectivity index (χ3v) is 3.62. The minimum atomic E-state index is -0.234. The minimum Gasteiger partial charge on any atom is -0.471 e. The van der Waals surface area contributed by atoms with Crippen molar-refractivity contribution < 1.29 is 9.53 Å². The molecule has 24 heavy (non-hydrogen) atoms. The van der Waals surface area contributed by atoms with Gasteiger partial charge in [-0.15, -0.1) is 0 Å². The molecule has 0 radical (unpaired) electrons. The number of anilines is 1. The summed E-state index contributed by atoms with van der Waals surface area (Å²) in [6, 6.07) is 17.1. The van der Waals surface area contributed by atoms with Crippen molar-refractivity contribution in [1.82, 2.24) is 9.78 Å². The fourth-order valence-corrected chi connectivity index (χ4v) is 2.27. The van der Waals surface area contributed by atoms with Gasteiger partial charge in [-0.1, -0.05) is 30.3 Å². The predicted molar refractivity (Wildman–Crippen MR) is 93.2 cm³/mol. The van der Waals surface area contributed by atoms with E-state index in [0.29, 0.717) is 5.69 Å². The monoisotopic (exact) mass is 321 g/mol. The maximum absolute atomic E-state index is 12.3. The fraction of sp³-hybridized carbons (Fsp3) is 0.158. The molecule has 0 bridgehead atoms. The first kappa shape index (κ1) is 15.8. The molecule has 0 atom stereocenters. The maximum atomic E-state index is 12.3. The number of nitrogens with zero attached hydrogens (tertiary/aromatic N) is 2. The van der Waals surface area contributed by atoms with Gasteiger partial charge < -0.3 is 10.1 Å². The van der Waals surface area contributed by atoms with Crippen molar-refractivity contribution in [3.63, 3.8) is 0 Å². The van der Waals surface area contributed by atoms with E-state index in [2.05, 4.69) is 10.4 Å². The van der Waals surface area contributed by atoms with Crippen molar-refractivity contribution in [2.24, 2.45) is 0 Å². The fourth-order valence-electron chi connectivity index (χ4n) is 2.27. The lowest BCUT2D eigenvalue weighted by atomic mass is 10.1. The van der Waals surface area contributed by atoms with Crippen molar-refractivity contribution in [3.8, 4) is 5.75 Å². The molecule has 122 valence electrons. The van der Waals surface area contributed by atoms with Crippen molar-refractivity contribution in [2.75, 3.05) is 5.32 Å². The zero-order valence-corrected chi connectivity index (χ0v) is 13.7. The molecule has 0 unspecified atom stereocenters. The number of aryl methyl sites for hydroxylation is 2. The van der Waals surface area contributed by atoms with Crippen molar-refractivity contribution in [3.05, 3.63) is 77.6 Å². The second-order valence-corrected chi connectivity index (χ2v) is 5.60. The van der Waals surface area contributed by atoms with Crippen LogP contribution in [0.25, 0.3) is 0 Å². The highest BCUT2D eigenvalue weighted by Gasteiger charge is 2.11. The average Bonchev–Trinajstić information content (AvgIpc) is 3.06. The summed E-state index contributed by atoms with van der Waals surface area (Å²) in [6.07, 6.45) is 1.72. The van der Waals surface area contributed by atoms with Gasteiger partial charge in [-0.3, -0.25) is 4.79 Å². The maximum Gasteiger partial charge on any atom is 0.276 e. The van der Waals surface area contributed by atoms with E-state index in [1.165, 1.54) is 0 Å². The Morgan fingerprint density at radius 3 is 2.71 bits per heavy atom. The number of rotatable bonds is 5. The summed E-state index contributed by atoms with van der Waals surface area (Å²) >= 11 is 0. The zero-order valence-electron chi connectivity index (χ0n) is 13.7. The Kier molecular flexibility index (Phi) is 4.61. The average molecular weight is 321 g/mol. The molecule has 0 aliphatic heterocycles. The van der Waals surface area contributed by atoms with E-state index in [-0.39, 0.29) is 12.6 Å². The van der Waals surface area contributed by atoms with Gasteiger partial charge in [0.2, 0.25) is 0 Å². The zero-order chi connectivity index (χ0) is 16.9. The number of amides is 1. The molecule has 1 aromatic heterocycles. The third-order valence-electron chi connectivity index (χ3n) is 3.62. The lowest BCUT2D eigenvalue weighted by molar-refractivity contribution is 0.102. The molecule has 5 nitrogen and oxygen atoms in total. The first-order valence-electron chi connectivity index (χ1n) is 7.72. The Balaban J connectivity index is 1.64. The Labute approximate surface area is 140 Å². The van der Waals surface area contributed by atoms with Crippen molar-refractivity contribution in [1.29, 1.82) is 0 Å². The number of hydrogen-bond donors (Lipinski definition) is 1. The molecule has 0 aliphatic rings. The van der Waals surface area contributed by atoms with Crippen LogP contribution >= 0.6 is 0 Å². The number of ether oxygens (including phenoxy) is 1. The normalized spacial score (nSPS) is 10.4. The van der Waals surface area contributed by atoms with Crippen LogP contribution in [-0.2, 0) is 6.73 Å². The van der Waals surface area contributed by atoms with Crippen LogP contribution in [0.3, 0.4) is 0 Å². The van der Waals surface area contributed by atoms with E-state index >= 15 is 0 Å². The molecule has 1 amide bonds. The molecule has 3 rings (SSSR count). The molecule has 0 fully saturated rings. The van der Waals surface area contributed by atoms with Crippen LogP contribution in [0.4, 0.5) is 5.69 Å². The first-order valence-corrected chi connectivity index (χ1v) is 7.72. The highest BCUT2D eigenvalue weighted by Crippen LogP contribution is 2.17. The number of para-hydroxylation sites is 1. The number of carbonyl (C=O) groups is 1. The van der Waals surface area contributed by atoms with Gasteiger partial charge in [0.05, 0.1) is 0 Å². The Morgan fingerprint density at radius 1 is 1.12 bits per heavy atom. The van der Waals surface area contributed by atoms with E-state index in [4.69, 9.17) is 4.74 Å². The molecular weight excluding hydrogens is 302 g/mol. The van der Waals surface area contributed by atoms with Crippen LogP contribution < -0.4 is 10.1 Å². The number of benzene rings is 2. The molecule has 0 spiro atoms. The van der Waals surface area contributed by atoms with Crippen LogP contribution in [0.5, 0.6) is 5.75 Å². The smallest absolute Gasteiger partial charge is 0.276 e. The van der Waals surface area contributed by atoms with E-state index < -0.39 is 0 Å². The lowest BCUT2D eigenvalue weighted by Gasteiger charge is -2.08. The molecule has 0 aliphatic carbocycles. The molecule has 1 N–H and O–H groups in total. The topological polar surface area (TPSA) is 56.2 Å². The standard InChI is InChI=1S/C19H19N3O2/c1-14-8-9-15(2)18(12-14)20-19(23)17-10-11-22(21-17)13-24-16-6-4-3-5-7-16/h3-12H,13H2,1-2H3,(H,20,23). The Bertz CT molecular complexity index is 841. The van der Waals surface area contributed by atoms with Crippen molar-refractivity contribution >= 4 is 11.6 Å². The largest absolute Gasteiger partial charge is 0.471 e. The number of hydrogen-bond acceptors (Lipinski definition) is 3. The summed E-state index contributed by atoms with van der Waals surface area (Å²) in [5.41, 5.74) is 3.26. The highest BCUT2D eigenvalue weighted by atomic mass is 16.5. The summed E-state index contributed by atoms with van der Waals surface area (Å²) in [4.78, 5) is 12.3. The van der Waals surface area contributed by atoms with Gasteiger partial charge >= 0.3 is 0 Å². The highest BCUT2D eigenvalue weighted by molar-refractivity contribution is 6.03. The summed E-state index contributed by atoms with van der Waals surface area (Å²) in [6.45, 7) is 4.20. The molecule has 3 aromatic rings. The Hall–Kier alpha value is -3.08. The van der Waals surface area contributed by atoms with Gasteiger partial charge in [-0.05, 0) is 49.2 Å². The molecular formula is C19H19N3O2. The van der Waals surface area contributed by atoms with Crippen LogP contribution in [0.2, 0.25) is 0 Å². The van der Waals surface area contributed by atoms with Crippen LogP contribution in [-0.4, -0.2) is 15.7 Å². The van der Waals surface area contributed by atoms with Crippen LogP contribution in [0.15, 0.2) is 60.8 Å². The third kappa shape index (κ3) is 3.81. The van der Waals surface area contributed by atoms with Crippen LogP contribution in [0, 0.1) is 13.8 Å². The van der Waals surface area contributed by atoms with Gasteiger partial charge in [0.25, 0.3) is 5.91 Å². The summed E-state index contributed by atoms with van der Waals surface area (Å²) in [5, 5.41) is 7.15. The molecule has 0 saturated carbocycles.